The van der Waals surface area contributed by atoms with Crippen LogP contribution in [-0.2, 0) is 11.3 Å². The van der Waals surface area contributed by atoms with E-state index in [0.29, 0.717) is 0 Å². The Labute approximate surface area is 119 Å². The van der Waals surface area contributed by atoms with E-state index in [1.54, 1.807) is 12.1 Å². The third-order valence-electron chi connectivity index (χ3n) is 2.83. The van der Waals surface area contributed by atoms with Crippen LogP contribution < -0.4 is 5.19 Å². The minimum absolute atomic E-state index is 0.274. The lowest BCUT2D eigenvalue weighted by molar-refractivity contribution is -0.324. The summed E-state index contributed by atoms with van der Waals surface area (Å²) in [6.07, 6.45) is -14.7. The number of halogens is 6. The third-order valence-corrected chi connectivity index (χ3v) is 4.90. The average Bonchev–Trinajstić information content (AvgIpc) is 2.24. The molecule has 1 aromatic rings. The van der Waals surface area contributed by atoms with Crippen molar-refractivity contribution in [2.45, 2.75) is 44.7 Å². The standard InChI is InChI=1S/C13H16F6OSi/c1-21(2,3)10-6-4-9(5-7-10)8-20-11(12(14,15)16)13(17,18)19/h4-7,11H,8H2,1-3H3. The molecule has 0 aliphatic carbocycles. The second-order valence-corrected chi connectivity index (χ2v) is 10.8. The number of hydrogen-bond donors (Lipinski definition) is 0. The summed E-state index contributed by atoms with van der Waals surface area (Å²) in [5, 5.41) is 1.06. The molecule has 0 bridgehead atoms. The molecule has 0 N–H and O–H groups in total. The van der Waals surface area contributed by atoms with Crippen LogP contribution in [0.2, 0.25) is 19.6 Å². The van der Waals surface area contributed by atoms with Gasteiger partial charge in [-0.3, -0.25) is 0 Å². The van der Waals surface area contributed by atoms with Crippen LogP contribution >= 0.6 is 0 Å². The summed E-state index contributed by atoms with van der Waals surface area (Å²) in [7, 11) is -1.56. The molecule has 0 aliphatic heterocycles. The predicted molar refractivity (Wildman–Crippen MR) is 70.1 cm³/mol. The van der Waals surface area contributed by atoms with Gasteiger partial charge in [0.1, 0.15) is 0 Å². The van der Waals surface area contributed by atoms with E-state index in [9.17, 15) is 26.3 Å². The Kier molecular flexibility index (Phi) is 5.15. The van der Waals surface area contributed by atoms with Gasteiger partial charge in [-0.25, -0.2) is 0 Å². The molecule has 0 unspecified atom stereocenters. The molecule has 1 nitrogen and oxygen atoms in total. The van der Waals surface area contributed by atoms with Crippen molar-refractivity contribution >= 4 is 13.3 Å². The summed E-state index contributed by atoms with van der Waals surface area (Å²) in [5.41, 5.74) is 0.274. The Morgan fingerprint density at radius 3 is 1.67 bits per heavy atom. The fourth-order valence-corrected chi connectivity index (χ4v) is 2.82. The van der Waals surface area contributed by atoms with Gasteiger partial charge in [-0.05, 0) is 5.56 Å². The van der Waals surface area contributed by atoms with Crippen molar-refractivity contribution in [3.8, 4) is 0 Å². The number of benzene rings is 1. The van der Waals surface area contributed by atoms with Crippen molar-refractivity contribution in [2.75, 3.05) is 0 Å². The Morgan fingerprint density at radius 1 is 0.905 bits per heavy atom. The molecule has 0 saturated heterocycles. The molecular weight excluding hydrogens is 314 g/mol. The molecule has 0 amide bonds. The summed E-state index contributed by atoms with van der Waals surface area (Å²) in [6.45, 7) is 5.52. The largest absolute Gasteiger partial charge is 0.423 e. The van der Waals surface area contributed by atoms with Crippen LogP contribution in [0.4, 0.5) is 26.3 Å². The van der Waals surface area contributed by atoms with Crippen LogP contribution in [0.25, 0.3) is 0 Å². The van der Waals surface area contributed by atoms with Gasteiger partial charge in [0.05, 0.1) is 14.7 Å². The molecule has 0 atom stereocenters. The molecule has 21 heavy (non-hydrogen) atoms. The van der Waals surface area contributed by atoms with Crippen LogP contribution in [0.1, 0.15) is 5.56 Å². The van der Waals surface area contributed by atoms with Gasteiger partial charge in [-0.1, -0.05) is 49.1 Å². The maximum atomic E-state index is 12.3. The van der Waals surface area contributed by atoms with Gasteiger partial charge in [0.15, 0.2) is 0 Å². The SMILES string of the molecule is C[Si](C)(C)c1ccc(COC(C(F)(F)F)C(F)(F)F)cc1. The molecule has 120 valence electrons. The predicted octanol–water partition coefficient (Wildman–Crippen LogP) is 4.24. The summed E-state index contributed by atoms with van der Waals surface area (Å²) >= 11 is 0. The molecule has 1 rings (SSSR count). The summed E-state index contributed by atoms with van der Waals surface area (Å²) in [6, 6.07) is 6.44. The van der Waals surface area contributed by atoms with E-state index >= 15 is 0 Å². The smallest absolute Gasteiger partial charge is 0.356 e. The lowest BCUT2D eigenvalue weighted by Crippen LogP contribution is -2.44. The van der Waals surface area contributed by atoms with Crippen LogP contribution in [0.5, 0.6) is 0 Å². The van der Waals surface area contributed by atoms with E-state index in [2.05, 4.69) is 24.4 Å². The number of hydrogen-bond acceptors (Lipinski definition) is 1. The van der Waals surface area contributed by atoms with Crippen molar-refractivity contribution in [2.24, 2.45) is 0 Å². The summed E-state index contributed by atoms with van der Waals surface area (Å²) in [4.78, 5) is 0. The van der Waals surface area contributed by atoms with Crippen LogP contribution in [0, 0.1) is 0 Å². The Balaban J connectivity index is 2.78. The Morgan fingerprint density at radius 2 is 1.33 bits per heavy atom. The highest BCUT2D eigenvalue weighted by atomic mass is 28.3. The van der Waals surface area contributed by atoms with Gasteiger partial charge in [-0.2, -0.15) is 26.3 Å². The van der Waals surface area contributed by atoms with Crippen molar-refractivity contribution in [1.29, 1.82) is 0 Å². The van der Waals surface area contributed by atoms with Crippen molar-refractivity contribution in [3.63, 3.8) is 0 Å². The van der Waals surface area contributed by atoms with Crippen molar-refractivity contribution < 1.29 is 31.1 Å². The first-order chi connectivity index (χ1) is 9.32. The zero-order chi connectivity index (χ0) is 16.5. The van der Waals surface area contributed by atoms with Crippen LogP contribution in [0.15, 0.2) is 24.3 Å². The molecule has 0 fully saturated rings. The van der Waals surface area contributed by atoms with Gasteiger partial charge in [0, 0.05) is 0 Å². The maximum Gasteiger partial charge on any atom is 0.423 e. The van der Waals surface area contributed by atoms with E-state index in [4.69, 9.17) is 0 Å². The first-order valence-corrected chi connectivity index (χ1v) is 9.66. The van der Waals surface area contributed by atoms with Gasteiger partial charge >= 0.3 is 12.4 Å². The molecule has 0 aromatic heterocycles. The lowest BCUT2D eigenvalue weighted by atomic mass is 10.2. The molecule has 8 heteroatoms. The lowest BCUT2D eigenvalue weighted by Gasteiger charge is -2.23. The first-order valence-electron chi connectivity index (χ1n) is 6.16. The topological polar surface area (TPSA) is 9.23 Å². The highest BCUT2D eigenvalue weighted by Crippen LogP contribution is 2.36. The van der Waals surface area contributed by atoms with Crippen molar-refractivity contribution in [3.05, 3.63) is 29.8 Å². The second kappa shape index (κ2) is 6.00. The van der Waals surface area contributed by atoms with Gasteiger partial charge < -0.3 is 4.74 Å². The van der Waals surface area contributed by atoms with E-state index < -0.39 is 33.1 Å². The Bertz CT molecular complexity index is 444. The molecular formula is C13H16F6OSi. The molecule has 1 aromatic carbocycles. The third kappa shape index (κ3) is 5.35. The minimum Gasteiger partial charge on any atom is -0.356 e. The van der Waals surface area contributed by atoms with Gasteiger partial charge in [0.2, 0.25) is 6.10 Å². The molecule has 0 radical (unpaired) electrons. The molecule has 0 heterocycles. The van der Waals surface area contributed by atoms with E-state index in [1.165, 1.54) is 12.1 Å². The normalized spacial score (nSPS) is 13.8. The highest BCUT2D eigenvalue weighted by molar-refractivity contribution is 6.88. The monoisotopic (exact) mass is 330 g/mol. The van der Waals surface area contributed by atoms with E-state index in [0.717, 1.165) is 5.19 Å². The first kappa shape index (κ1) is 18.0. The number of ether oxygens (including phenoxy) is 1. The highest BCUT2D eigenvalue weighted by Gasteiger charge is 2.57. The fraction of sp³-hybridized carbons (Fsp3) is 0.538. The quantitative estimate of drug-likeness (QED) is 0.593. The minimum atomic E-state index is -5.48. The van der Waals surface area contributed by atoms with Crippen molar-refractivity contribution in [1.82, 2.24) is 0 Å². The van der Waals surface area contributed by atoms with Crippen LogP contribution in [-0.4, -0.2) is 26.5 Å². The molecule has 0 saturated carbocycles. The molecule has 0 aliphatic rings. The Hall–Kier alpha value is -1.02. The second-order valence-electron chi connectivity index (χ2n) is 5.72. The maximum absolute atomic E-state index is 12.3. The van der Waals surface area contributed by atoms with E-state index in [1.807, 2.05) is 0 Å². The van der Waals surface area contributed by atoms with E-state index in [-0.39, 0.29) is 5.56 Å². The summed E-state index contributed by atoms with van der Waals surface area (Å²) < 4.78 is 77.8. The summed E-state index contributed by atoms with van der Waals surface area (Å²) in [5.74, 6) is 0. The fourth-order valence-electron chi connectivity index (χ4n) is 1.66. The van der Waals surface area contributed by atoms with Gasteiger partial charge in [-0.15, -0.1) is 0 Å². The zero-order valence-electron chi connectivity index (χ0n) is 11.8. The number of alkyl halides is 6. The van der Waals surface area contributed by atoms with Gasteiger partial charge in [0.25, 0.3) is 0 Å². The zero-order valence-corrected chi connectivity index (χ0v) is 12.8. The van der Waals surface area contributed by atoms with Crippen LogP contribution in [0.3, 0.4) is 0 Å². The number of rotatable bonds is 4. The molecule has 0 spiro atoms. The average molecular weight is 330 g/mol.